The van der Waals surface area contributed by atoms with Gasteiger partial charge in [-0.05, 0) is 61.6 Å². The second-order valence-corrected chi connectivity index (χ2v) is 8.40. The molecule has 1 saturated carbocycles. The number of ether oxygens (including phenoxy) is 2. The summed E-state index contributed by atoms with van der Waals surface area (Å²) in [5.41, 5.74) is -0.756. The predicted molar refractivity (Wildman–Crippen MR) is 118 cm³/mol. The fourth-order valence-corrected chi connectivity index (χ4v) is 4.64. The van der Waals surface area contributed by atoms with Crippen LogP contribution in [0.4, 0.5) is 4.79 Å². The molecule has 0 bridgehead atoms. The second kappa shape index (κ2) is 7.78. The number of benzene rings is 2. The molecule has 2 aromatic carbocycles. The minimum Gasteiger partial charge on any atom is -0.497 e. The SMILES string of the molecule is COc1ccc2cn(C[C@@]3(c4ccc(OC5CCCC5)cc4)NC(=O)NC3=O)c(O)c2c1. The summed E-state index contributed by atoms with van der Waals surface area (Å²) in [5.74, 6) is 0.877. The Morgan fingerprint density at radius 2 is 1.81 bits per heavy atom. The van der Waals surface area contributed by atoms with Gasteiger partial charge in [-0.1, -0.05) is 12.1 Å². The van der Waals surface area contributed by atoms with Gasteiger partial charge in [0.25, 0.3) is 5.91 Å². The van der Waals surface area contributed by atoms with Crippen molar-refractivity contribution < 1.29 is 24.2 Å². The first-order chi connectivity index (χ1) is 15.5. The molecule has 166 valence electrons. The third-order valence-electron chi connectivity index (χ3n) is 6.37. The molecular weight excluding hydrogens is 410 g/mol. The summed E-state index contributed by atoms with van der Waals surface area (Å²) >= 11 is 0. The Balaban J connectivity index is 1.49. The van der Waals surface area contributed by atoms with Crippen molar-refractivity contribution in [3.63, 3.8) is 0 Å². The van der Waals surface area contributed by atoms with Gasteiger partial charge in [0.05, 0.1) is 19.8 Å². The second-order valence-electron chi connectivity index (χ2n) is 8.40. The number of carbonyl (C=O) groups is 2. The third kappa shape index (κ3) is 3.41. The minimum absolute atomic E-state index is 0.00610. The first-order valence-electron chi connectivity index (χ1n) is 10.8. The molecule has 1 saturated heterocycles. The Bertz CT molecular complexity index is 1180. The molecule has 2 aliphatic rings. The maximum absolute atomic E-state index is 13.0. The van der Waals surface area contributed by atoms with E-state index in [1.54, 1.807) is 42.1 Å². The van der Waals surface area contributed by atoms with E-state index in [9.17, 15) is 14.7 Å². The summed E-state index contributed by atoms with van der Waals surface area (Å²) < 4.78 is 12.8. The zero-order valence-electron chi connectivity index (χ0n) is 17.8. The Hall–Kier alpha value is -3.68. The highest BCUT2D eigenvalue weighted by molar-refractivity contribution is 6.07. The van der Waals surface area contributed by atoms with E-state index in [-0.39, 0.29) is 18.5 Å². The van der Waals surface area contributed by atoms with Gasteiger partial charge in [-0.3, -0.25) is 10.1 Å². The number of aromatic hydroxyl groups is 1. The van der Waals surface area contributed by atoms with Crippen molar-refractivity contribution in [1.82, 2.24) is 15.2 Å². The average molecular weight is 435 g/mol. The number of imide groups is 1. The topological polar surface area (TPSA) is 102 Å². The maximum atomic E-state index is 13.0. The summed E-state index contributed by atoms with van der Waals surface area (Å²) in [5, 5.41) is 17.3. The van der Waals surface area contributed by atoms with E-state index < -0.39 is 17.5 Å². The van der Waals surface area contributed by atoms with Crippen LogP contribution in [-0.2, 0) is 16.9 Å². The van der Waals surface area contributed by atoms with Crippen molar-refractivity contribution in [2.75, 3.05) is 7.11 Å². The van der Waals surface area contributed by atoms with Gasteiger partial charge in [0, 0.05) is 17.0 Å². The number of methoxy groups -OCH3 is 1. The van der Waals surface area contributed by atoms with Crippen molar-refractivity contribution in [1.29, 1.82) is 0 Å². The Morgan fingerprint density at radius 1 is 1.09 bits per heavy atom. The van der Waals surface area contributed by atoms with Gasteiger partial charge in [0.1, 0.15) is 11.5 Å². The highest BCUT2D eigenvalue weighted by Gasteiger charge is 2.48. The number of nitrogens with one attached hydrogen (secondary N) is 2. The van der Waals surface area contributed by atoms with E-state index in [0.717, 1.165) is 24.0 Å². The molecule has 32 heavy (non-hydrogen) atoms. The smallest absolute Gasteiger partial charge is 0.322 e. The normalized spacial score (nSPS) is 21.0. The number of fused-ring (bicyclic) bond motifs is 1. The van der Waals surface area contributed by atoms with Crippen LogP contribution in [0.15, 0.2) is 48.7 Å². The van der Waals surface area contributed by atoms with E-state index in [1.165, 1.54) is 12.8 Å². The van der Waals surface area contributed by atoms with E-state index in [4.69, 9.17) is 9.47 Å². The van der Waals surface area contributed by atoms with E-state index in [2.05, 4.69) is 10.6 Å². The number of amides is 3. The van der Waals surface area contributed by atoms with Crippen LogP contribution in [0, 0.1) is 0 Å². The predicted octanol–water partition coefficient (Wildman–Crippen LogP) is 3.41. The van der Waals surface area contributed by atoms with Crippen molar-refractivity contribution >= 4 is 22.7 Å². The number of nitrogens with zero attached hydrogens (tertiary/aromatic N) is 1. The zero-order valence-corrected chi connectivity index (χ0v) is 17.8. The lowest BCUT2D eigenvalue weighted by molar-refractivity contribution is -0.124. The number of aromatic nitrogens is 1. The standard InChI is InChI=1S/C24H25N3O5/c1-31-19-9-6-15-13-27(21(28)20(15)12-19)14-24(22(29)25-23(30)26-24)16-7-10-18(11-8-16)32-17-4-2-3-5-17/h6-13,17,28H,2-5,14H2,1H3,(H2,25,26,29,30)/t24-/m0/s1. The van der Waals surface area contributed by atoms with Gasteiger partial charge < -0.3 is 24.5 Å². The monoisotopic (exact) mass is 435 g/mol. The van der Waals surface area contributed by atoms with E-state index in [1.807, 2.05) is 18.2 Å². The third-order valence-corrected chi connectivity index (χ3v) is 6.37. The Morgan fingerprint density at radius 3 is 2.47 bits per heavy atom. The van der Waals surface area contributed by atoms with E-state index in [0.29, 0.717) is 16.7 Å². The summed E-state index contributed by atoms with van der Waals surface area (Å²) in [4.78, 5) is 25.1. The summed E-state index contributed by atoms with van der Waals surface area (Å²) in [6.45, 7) is 0.0240. The fraction of sp³-hybridized carbons (Fsp3) is 0.333. The number of carbonyl (C=O) groups excluding carboxylic acids is 2. The molecule has 8 heteroatoms. The number of rotatable bonds is 6. The van der Waals surface area contributed by atoms with Gasteiger partial charge in [0.15, 0.2) is 11.4 Å². The molecule has 0 spiro atoms. The fourth-order valence-electron chi connectivity index (χ4n) is 4.64. The summed E-state index contributed by atoms with van der Waals surface area (Å²) in [6, 6.07) is 12.0. The quantitative estimate of drug-likeness (QED) is 0.515. The van der Waals surface area contributed by atoms with Crippen molar-refractivity contribution in [3.8, 4) is 17.4 Å². The molecule has 1 aliphatic carbocycles. The van der Waals surface area contributed by atoms with Gasteiger partial charge in [-0.15, -0.1) is 0 Å². The molecule has 3 amide bonds. The lowest BCUT2D eigenvalue weighted by Crippen LogP contribution is -2.47. The maximum Gasteiger partial charge on any atom is 0.322 e. The van der Waals surface area contributed by atoms with Crippen LogP contribution in [-0.4, -0.2) is 34.8 Å². The number of urea groups is 1. The molecular formula is C24H25N3O5. The lowest BCUT2D eigenvalue weighted by Gasteiger charge is -2.27. The summed E-state index contributed by atoms with van der Waals surface area (Å²) in [7, 11) is 1.56. The molecule has 1 atom stereocenters. The Kier molecular flexibility index (Phi) is 4.92. The van der Waals surface area contributed by atoms with Crippen LogP contribution >= 0.6 is 0 Å². The van der Waals surface area contributed by atoms with Crippen molar-refractivity contribution in [3.05, 3.63) is 54.2 Å². The molecule has 2 fully saturated rings. The van der Waals surface area contributed by atoms with Gasteiger partial charge in [-0.25, -0.2) is 4.79 Å². The van der Waals surface area contributed by atoms with Gasteiger partial charge >= 0.3 is 6.03 Å². The van der Waals surface area contributed by atoms with Crippen molar-refractivity contribution in [2.45, 2.75) is 43.9 Å². The molecule has 8 nitrogen and oxygen atoms in total. The molecule has 3 aromatic rings. The highest BCUT2D eigenvalue weighted by Crippen LogP contribution is 2.35. The highest BCUT2D eigenvalue weighted by atomic mass is 16.5. The molecule has 5 rings (SSSR count). The molecule has 1 aromatic heterocycles. The average Bonchev–Trinajstić information content (AvgIpc) is 3.48. The molecule has 0 unspecified atom stereocenters. The molecule has 0 radical (unpaired) electrons. The molecule has 2 heterocycles. The van der Waals surface area contributed by atoms with Crippen LogP contribution in [0.2, 0.25) is 0 Å². The van der Waals surface area contributed by atoms with Crippen LogP contribution in [0.5, 0.6) is 17.4 Å². The summed E-state index contributed by atoms with van der Waals surface area (Å²) in [6.07, 6.45) is 6.44. The van der Waals surface area contributed by atoms with Crippen molar-refractivity contribution in [2.24, 2.45) is 0 Å². The van der Waals surface area contributed by atoms with Crippen LogP contribution < -0.4 is 20.1 Å². The van der Waals surface area contributed by atoms with Crippen LogP contribution in [0.1, 0.15) is 31.2 Å². The number of hydrogen-bond donors (Lipinski definition) is 3. The first-order valence-corrected chi connectivity index (χ1v) is 10.8. The largest absolute Gasteiger partial charge is 0.497 e. The molecule has 3 N–H and O–H groups in total. The van der Waals surface area contributed by atoms with Crippen LogP contribution in [0.3, 0.4) is 0 Å². The van der Waals surface area contributed by atoms with Gasteiger partial charge in [-0.2, -0.15) is 0 Å². The van der Waals surface area contributed by atoms with Gasteiger partial charge in [0.2, 0.25) is 0 Å². The zero-order chi connectivity index (χ0) is 22.3. The number of hydrogen-bond acceptors (Lipinski definition) is 5. The Labute approximate surface area is 185 Å². The lowest BCUT2D eigenvalue weighted by atomic mass is 9.89. The van der Waals surface area contributed by atoms with E-state index >= 15 is 0 Å². The molecule has 1 aliphatic heterocycles. The minimum atomic E-state index is -1.36. The van der Waals surface area contributed by atoms with Crippen LogP contribution in [0.25, 0.3) is 10.8 Å². The first kappa shape index (κ1) is 20.2.